The number of aliphatic hydroxyl groups excluding tert-OH is 11. The Kier molecular flexibility index (Phi) is 45.6. The number of ether oxygens (including phenoxy) is 6. The van der Waals surface area contributed by atoms with Gasteiger partial charge in [0.1, 0.15) is 73.2 Å². The first kappa shape index (κ1) is 79.7. The average molecular weight is 1260 g/mol. The first-order valence-corrected chi connectivity index (χ1v) is 33.6. The summed E-state index contributed by atoms with van der Waals surface area (Å²) in [6.45, 7) is 1.63. The predicted molar refractivity (Wildman–Crippen MR) is 346 cm³/mol. The van der Waals surface area contributed by atoms with Crippen molar-refractivity contribution in [1.29, 1.82) is 0 Å². The normalized spacial score (nSPS) is 28.9. The minimum Gasteiger partial charge on any atom is -0.394 e. The molecule has 510 valence electrons. The maximum absolute atomic E-state index is 13.4. The average Bonchev–Trinajstić information content (AvgIpc) is 1.92. The van der Waals surface area contributed by atoms with Crippen molar-refractivity contribution in [2.75, 3.05) is 26.4 Å². The van der Waals surface area contributed by atoms with Crippen LogP contribution in [0.15, 0.2) is 109 Å². The number of hydrogen-bond donors (Lipinski definition) is 12. The number of unbranched alkanes of at least 4 members (excludes halogenated alkanes) is 15. The van der Waals surface area contributed by atoms with Gasteiger partial charge in [0.25, 0.3) is 0 Å². The summed E-state index contributed by atoms with van der Waals surface area (Å²) < 4.78 is 34.3. The third-order valence-corrected chi connectivity index (χ3v) is 16.1. The topological polar surface area (TPSA) is 307 Å². The van der Waals surface area contributed by atoms with Crippen LogP contribution in [0.3, 0.4) is 0 Å². The standard InChI is InChI=1S/C70H117NO18/c1-3-5-7-9-11-13-15-17-18-19-20-21-22-23-24-25-26-27-28-29-30-31-32-33-34-36-38-40-42-44-46-48-58(76)71-53(54(75)47-45-43-41-39-37-35-16-14-12-10-8-6-4-2)52-84-68-64(82)61(79)66(56(50-73)86-68)89-70-65(83)62(80)67(57(51-74)87-70)88-69-63(81)60(78)59(77)55(49-72)85-69/h5,7,11,13,17-18,20-21,23-24,26-27,29-30,32-33,36,38,53-57,59-70,72-75,77-83H,3-4,6,8-10,12,14-16,19,22,25,28,31,34-35,37,39-52H2,1-2H3,(H,71,76)/b7-5-,13-11-,18-17-,21-20-,24-23-,27-26-,30-29-,33-32-,38-36-. The Balaban J connectivity index is 1.42. The van der Waals surface area contributed by atoms with E-state index in [2.05, 4.69) is 129 Å². The molecule has 3 saturated heterocycles. The number of rotatable bonds is 49. The second kappa shape index (κ2) is 50.9. The van der Waals surface area contributed by atoms with Gasteiger partial charge in [0.2, 0.25) is 5.91 Å². The van der Waals surface area contributed by atoms with Crippen molar-refractivity contribution < 1.29 is 89.4 Å². The van der Waals surface area contributed by atoms with Crippen LogP contribution in [0.1, 0.15) is 194 Å². The molecular weight excluding hydrogens is 1140 g/mol. The van der Waals surface area contributed by atoms with E-state index in [-0.39, 0.29) is 18.9 Å². The summed E-state index contributed by atoms with van der Waals surface area (Å²) >= 11 is 0. The lowest BCUT2D eigenvalue weighted by molar-refractivity contribution is -0.379. The largest absolute Gasteiger partial charge is 0.394 e. The Hall–Kier alpha value is -3.55. The molecular formula is C70H117NO18. The summed E-state index contributed by atoms with van der Waals surface area (Å²) in [6, 6.07) is -0.913. The van der Waals surface area contributed by atoms with Crippen molar-refractivity contribution in [2.24, 2.45) is 0 Å². The van der Waals surface area contributed by atoms with Gasteiger partial charge in [-0.3, -0.25) is 4.79 Å². The monoisotopic (exact) mass is 1260 g/mol. The smallest absolute Gasteiger partial charge is 0.220 e. The molecule has 19 heteroatoms. The summed E-state index contributed by atoms with van der Waals surface area (Å²) in [6.07, 6.45) is 40.3. The van der Waals surface area contributed by atoms with Crippen molar-refractivity contribution in [2.45, 2.75) is 298 Å². The van der Waals surface area contributed by atoms with Crippen LogP contribution >= 0.6 is 0 Å². The molecule has 0 aromatic heterocycles. The molecule has 17 unspecified atom stereocenters. The molecule has 0 radical (unpaired) electrons. The van der Waals surface area contributed by atoms with Crippen LogP contribution in [0.4, 0.5) is 0 Å². The molecule has 3 fully saturated rings. The van der Waals surface area contributed by atoms with Crippen molar-refractivity contribution in [3.05, 3.63) is 109 Å². The number of hydrogen-bond acceptors (Lipinski definition) is 18. The number of aliphatic hydroxyl groups is 11. The Labute approximate surface area is 532 Å². The van der Waals surface area contributed by atoms with Crippen LogP contribution < -0.4 is 5.32 Å². The number of allylic oxidation sites excluding steroid dienone is 18. The van der Waals surface area contributed by atoms with E-state index < -0.39 is 124 Å². The first-order chi connectivity index (χ1) is 43.3. The van der Waals surface area contributed by atoms with E-state index in [4.69, 9.17) is 28.4 Å². The van der Waals surface area contributed by atoms with Gasteiger partial charge >= 0.3 is 0 Å². The minimum absolute atomic E-state index is 0.219. The third-order valence-electron chi connectivity index (χ3n) is 16.1. The minimum atomic E-state index is -1.98. The second-order valence-electron chi connectivity index (χ2n) is 23.6. The molecule has 0 aromatic carbocycles. The zero-order chi connectivity index (χ0) is 64.7. The van der Waals surface area contributed by atoms with Gasteiger partial charge in [-0.2, -0.15) is 0 Å². The molecule has 19 nitrogen and oxygen atoms in total. The van der Waals surface area contributed by atoms with Crippen LogP contribution in [0.5, 0.6) is 0 Å². The Morgan fingerprint density at radius 1 is 0.416 bits per heavy atom. The van der Waals surface area contributed by atoms with E-state index in [9.17, 15) is 61.0 Å². The maximum Gasteiger partial charge on any atom is 0.220 e. The zero-order valence-corrected chi connectivity index (χ0v) is 53.6. The fourth-order valence-corrected chi connectivity index (χ4v) is 10.7. The highest BCUT2D eigenvalue weighted by Gasteiger charge is 2.53. The Morgan fingerprint density at radius 2 is 0.775 bits per heavy atom. The van der Waals surface area contributed by atoms with Crippen LogP contribution in [0.25, 0.3) is 0 Å². The van der Waals surface area contributed by atoms with E-state index in [1.165, 1.54) is 57.8 Å². The molecule has 3 aliphatic heterocycles. The Bertz CT molecular complexity index is 2040. The highest BCUT2D eigenvalue weighted by molar-refractivity contribution is 5.76. The van der Waals surface area contributed by atoms with Crippen molar-refractivity contribution >= 4 is 5.91 Å². The highest BCUT2D eigenvalue weighted by atomic mass is 16.8. The fourth-order valence-electron chi connectivity index (χ4n) is 10.7. The summed E-state index contributed by atoms with van der Waals surface area (Å²) in [5, 5.41) is 120. The summed E-state index contributed by atoms with van der Waals surface area (Å²) in [5.74, 6) is -0.280. The van der Waals surface area contributed by atoms with Gasteiger partial charge in [-0.05, 0) is 83.5 Å². The lowest BCUT2D eigenvalue weighted by atomic mass is 9.96. The highest BCUT2D eigenvalue weighted by Crippen LogP contribution is 2.33. The van der Waals surface area contributed by atoms with Crippen LogP contribution in [0, 0.1) is 0 Å². The van der Waals surface area contributed by atoms with Gasteiger partial charge in [-0.25, -0.2) is 0 Å². The molecule has 12 N–H and O–H groups in total. The molecule has 3 aliphatic rings. The molecule has 3 heterocycles. The lowest BCUT2D eigenvalue weighted by Gasteiger charge is -2.48. The molecule has 0 saturated carbocycles. The van der Waals surface area contributed by atoms with E-state index in [0.717, 1.165) is 96.3 Å². The van der Waals surface area contributed by atoms with E-state index in [1.54, 1.807) is 0 Å². The molecule has 0 aliphatic carbocycles. The van der Waals surface area contributed by atoms with E-state index in [1.807, 2.05) is 0 Å². The van der Waals surface area contributed by atoms with E-state index in [0.29, 0.717) is 19.3 Å². The van der Waals surface area contributed by atoms with Gasteiger partial charge in [-0.1, -0.05) is 213 Å². The van der Waals surface area contributed by atoms with Crippen molar-refractivity contribution in [3.63, 3.8) is 0 Å². The van der Waals surface area contributed by atoms with Gasteiger partial charge in [0, 0.05) is 6.42 Å². The van der Waals surface area contributed by atoms with Crippen LogP contribution in [0.2, 0.25) is 0 Å². The quantitative estimate of drug-likeness (QED) is 0.0201. The molecule has 1 amide bonds. The second-order valence-corrected chi connectivity index (χ2v) is 23.6. The Morgan fingerprint density at radius 3 is 1.20 bits per heavy atom. The van der Waals surface area contributed by atoms with Crippen molar-refractivity contribution in [1.82, 2.24) is 5.32 Å². The van der Waals surface area contributed by atoms with Gasteiger partial charge in [-0.15, -0.1) is 0 Å². The number of nitrogens with one attached hydrogen (secondary N) is 1. The molecule has 17 atom stereocenters. The van der Waals surface area contributed by atoms with Crippen molar-refractivity contribution in [3.8, 4) is 0 Å². The number of amides is 1. The first-order valence-electron chi connectivity index (χ1n) is 33.6. The molecule has 0 aromatic rings. The lowest BCUT2D eigenvalue weighted by Crippen LogP contribution is -2.66. The van der Waals surface area contributed by atoms with Crippen LogP contribution in [-0.2, 0) is 33.2 Å². The molecule has 0 bridgehead atoms. The van der Waals surface area contributed by atoms with Crippen LogP contribution in [-0.4, -0.2) is 193 Å². The van der Waals surface area contributed by atoms with E-state index >= 15 is 0 Å². The summed E-state index contributed by atoms with van der Waals surface area (Å²) in [7, 11) is 0. The number of carbonyl (C=O) groups is 1. The van der Waals surface area contributed by atoms with Gasteiger partial charge in [0.15, 0.2) is 18.9 Å². The molecule has 89 heavy (non-hydrogen) atoms. The zero-order valence-electron chi connectivity index (χ0n) is 53.6. The maximum atomic E-state index is 13.4. The third kappa shape index (κ3) is 33.2. The summed E-state index contributed by atoms with van der Waals surface area (Å²) in [5.41, 5.74) is 0. The summed E-state index contributed by atoms with van der Waals surface area (Å²) in [4.78, 5) is 13.4. The van der Waals surface area contributed by atoms with Gasteiger partial charge < -0.3 is 89.9 Å². The SMILES string of the molecule is CC/C=C\C/C=C\C/C=C\C/C=C\C/C=C\C/C=C\C/C=C\C/C=C\C/C=C\CCCCCC(=O)NC(COC1OC(CO)C(OC2OC(CO)C(OC3OC(CO)C(O)C(O)C3O)C(O)C2O)C(O)C1O)C(O)CCCCCCCCCCCCCCC. The number of carbonyl (C=O) groups excluding carboxylic acids is 1. The van der Waals surface area contributed by atoms with Gasteiger partial charge in [0.05, 0.1) is 38.6 Å². The fraction of sp³-hybridized carbons (Fsp3) is 0.729. The predicted octanol–water partition coefficient (Wildman–Crippen LogP) is 8.27. The molecule has 0 spiro atoms. The molecule has 3 rings (SSSR count).